The Morgan fingerprint density at radius 3 is 1.83 bits per heavy atom. The Kier molecular flexibility index (Phi) is 13.1. The van der Waals surface area contributed by atoms with Crippen molar-refractivity contribution >= 4 is 69.3 Å². The maximum Gasteiger partial charge on any atom is 0.354 e. The lowest BCUT2D eigenvalue weighted by atomic mass is 9.77. The van der Waals surface area contributed by atoms with Gasteiger partial charge in [0, 0.05) is 29.9 Å². The van der Waals surface area contributed by atoms with Crippen LogP contribution in [0.1, 0.15) is 65.3 Å². The number of carboxylic acid groups (broad SMARTS) is 1. The number of oxime groups is 1. The van der Waals surface area contributed by atoms with Crippen LogP contribution in [0.3, 0.4) is 0 Å². The average Bonchev–Trinajstić information content (AvgIpc) is 4.06. The lowest BCUT2D eigenvalue weighted by molar-refractivity contribution is -0.176. The van der Waals surface area contributed by atoms with E-state index in [9.17, 15) is 24.3 Å². The molecule has 9 rings (SSSR count). The van der Waals surface area contributed by atoms with Crippen LogP contribution in [0.5, 0.6) is 0 Å². The highest BCUT2D eigenvalue weighted by atomic mass is 35.5. The van der Waals surface area contributed by atoms with Gasteiger partial charge in [0.2, 0.25) is 5.60 Å². The number of carboxylic acids is 1. The molecule has 1 saturated carbocycles. The van der Waals surface area contributed by atoms with E-state index in [0.29, 0.717) is 23.5 Å². The normalized spacial score (nSPS) is 18.0. The van der Waals surface area contributed by atoms with Crippen LogP contribution in [0.2, 0.25) is 0 Å². The first-order valence-corrected chi connectivity index (χ1v) is 23.9. The third kappa shape index (κ3) is 8.59. The zero-order chi connectivity index (χ0) is 45.7. The number of fused-ring (bicyclic) bond motifs is 1. The number of anilines is 1. The number of carbonyl (C=O) groups is 4. The molecule has 1 saturated heterocycles. The number of alkyl halides is 1. The summed E-state index contributed by atoms with van der Waals surface area (Å²) in [5.74, 6) is -3.11. The number of ether oxygens (including phenoxy) is 1. The number of nitrogens with one attached hydrogen (secondary N) is 2. The number of carbonyl (C=O) groups excluding carboxylic acids is 3. The second kappa shape index (κ2) is 19.4. The van der Waals surface area contributed by atoms with Crippen LogP contribution in [0.25, 0.3) is 0 Å². The van der Waals surface area contributed by atoms with Crippen molar-refractivity contribution in [1.82, 2.24) is 15.2 Å². The monoisotopic (exact) mass is 937 g/mol. The highest BCUT2D eigenvalue weighted by molar-refractivity contribution is 8.00. The second-order valence-electron chi connectivity index (χ2n) is 16.1. The summed E-state index contributed by atoms with van der Waals surface area (Å²) in [5, 5.41) is 22.4. The number of esters is 1. The van der Waals surface area contributed by atoms with Gasteiger partial charge in [0.25, 0.3) is 11.8 Å². The lowest BCUT2D eigenvalue weighted by Crippen LogP contribution is -2.71. The van der Waals surface area contributed by atoms with Crippen molar-refractivity contribution in [2.24, 2.45) is 5.16 Å². The molecule has 334 valence electrons. The topological polar surface area (TPSA) is 160 Å². The van der Waals surface area contributed by atoms with Crippen LogP contribution < -0.4 is 10.6 Å². The Hall–Kier alpha value is -6.74. The summed E-state index contributed by atoms with van der Waals surface area (Å²) in [6.07, 6.45) is 1.10. The standard InChI is InChI=1S/C51H44ClN5O7S2/c52-30-35-31-65-46-41(45(59)57(46)42(35)47(60)61)54-44(58)40(56-64-50(28-16-17-29-50)48(62)63-43(33-18-6-1-7-19-33)34-20-8-2-9-21-34)39-32-66-49(53-39)55-51(36-22-10-3-11-23-36,37-24-12-4-13-25-37)38-26-14-5-15-27-38/h1-15,18-27,32,41,43,46H,16-17,28-31H2,(H,53,55)(H,54,58)(H,60,61)/b56-40-/t41?,46-/m0/s1. The minimum Gasteiger partial charge on any atom is -0.477 e. The molecule has 0 bridgehead atoms. The van der Waals surface area contributed by atoms with Crippen molar-refractivity contribution in [1.29, 1.82) is 0 Å². The Morgan fingerprint density at radius 2 is 1.33 bits per heavy atom. The van der Waals surface area contributed by atoms with Gasteiger partial charge in [-0.15, -0.1) is 34.7 Å². The Balaban J connectivity index is 1.08. The number of amides is 2. The Bertz CT molecular complexity index is 2640. The van der Waals surface area contributed by atoms with E-state index in [-0.39, 0.29) is 41.6 Å². The average molecular weight is 939 g/mol. The van der Waals surface area contributed by atoms with Gasteiger partial charge in [-0.1, -0.05) is 157 Å². The van der Waals surface area contributed by atoms with Gasteiger partial charge in [-0.2, -0.15) is 0 Å². The molecule has 3 heterocycles. The van der Waals surface area contributed by atoms with Crippen LogP contribution in [0, 0.1) is 0 Å². The molecule has 1 aliphatic carbocycles. The van der Waals surface area contributed by atoms with Gasteiger partial charge in [0.1, 0.15) is 28.3 Å². The van der Waals surface area contributed by atoms with Gasteiger partial charge in [0.15, 0.2) is 16.9 Å². The number of aliphatic carboxylic acids is 1. The molecule has 1 aromatic heterocycles. The Morgan fingerprint density at radius 1 is 0.818 bits per heavy atom. The van der Waals surface area contributed by atoms with Crippen LogP contribution in [0.15, 0.2) is 173 Å². The van der Waals surface area contributed by atoms with Gasteiger partial charge in [-0.3, -0.25) is 14.5 Å². The summed E-state index contributed by atoms with van der Waals surface area (Å²) < 4.78 is 6.33. The lowest BCUT2D eigenvalue weighted by Gasteiger charge is -2.49. The molecule has 0 spiro atoms. The number of β-lactam (4-membered cyclic amide) rings is 1. The fourth-order valence-electron chi connectivity index (χ4n) is 8.79. The molecule has 2 atom stereocenters. The van der Waals surface area contributed by atoms with Crippen molar-refractivity contribution < 1.29 is 33.9 Å². The highest BCUT2D eigenvalue weighted by Crippen LogP contribution is 2.43. The molecule has 2 amide bonds. The van der Waals surface area contributed by atoms with Gasteiger partial charge < -0.3 is 25.3 Å². The van der Waals surface area contributed by atoms with E-state index < -0.39 is 52.4 Å². The zero-order valence-electron chi connectivity index (χ0n) is 35.4. The molecule has 6 aromatic rings. The van der Waals surface area contributed by atoms with Crippen molar-refractivity contribution in [3.8, 4) is 0 Å². The molecular formula is C51H44ClN5O7S2. The molecule has 0 radical (unpaired) electrons. The summed E-state index contributed by atoms with van der Waals surface area (Å²) in [6.45, 7) is 0. The molecule has 5 aromatic carbocycles. The van der Waals surface area contributed by atoms with Gasteiger partial charge in [0.05, 0.1) is 0 Å². The minimum atomic E-state index is -1.55. The Labute approximate surface area is 394 Å². The smallest absolute Gasteiger partial charge is 0.354 e. The number of nitrogens with zero attached hydrogens (tertiary/aromatic N) is 3. The summed E-state index contributed by atoms with van der Waals surface area (Å²) in [4.78, 5) is 67.6. The fourth-order valence-corrected chi connectivity index (χ4v) is 11.2. The summed E-state index contributed by atoms with van der Waals surface area (Å²) in [5.41, 5.74) is 1.92. The van der Waals surface area contributed by atoms with Crippen molar-refractivity contribution in [3.05, 3.63) is 202 Å². The van der Waals surface area contributed by atoms with Crippen molar-refractivity contribution in [2.45, 2.75) is 54.3 Å². The van der Waals surface area contributed by atoms with E-state index in [1.807, 2.05) is 152 Å². The van der Waals surface area contributed by atoms with E-state index >= 15 is 0 Å². The van der Waals surface area contributed by atoms with E-state index in [1.54, 1.807) is 5.38 Å². The van der Waals surface area contributed by atoms with Crippen LogP contribution in [-0.4, -0.2) is 73.1 Å². The maximum atomic E-state index is 14.7. The van der Waals surface area contributed by atoms with Gasteiger partial charge in [-0.05, 0) is 46.2 Å². The second-order valence-corrected chi connectivity index (χ2v) is 18.3. The van der Waals surface area contributed by atoms with Crippen molar-refractivity contribution in [3.63, 3.8) is 0 Å². The van der Waals surface area contributed by atoms with E-state index in [2.05, 4.69) is 15.8 Å². The summed E-state index contributed by atoms with van der Waals surface area (Å²) >= 11 is 8.62. The predicted octanol–water partition coefficient (Wildman–Crippen LogP) is 8.89. The van der Waals surface area contributed by atoms with Crippen LogP contribution in [0.4, 0.5) is 5.13 Å². The van der Waals surface area contributed by atoms with Gasteiger partial charge >= 0.3 is 11.9 Å². The number of thiazole rings is 1. The summed E-state index contributed by atoms with van der Waals surface area (Å²) in [6, 6.07) is 47.7. The first-order chi connectivity index (χ1) is 32.2. The molecule has 2 fully saturated rings. The molecular weight excluding hydrogens is 894 g/mol. The predicted molar refractivity (Wildman–Crippen MR) is 255 cm³/mol. The molecule has 2 aliphatic heterocycles. The molecule has 1 unspecified atom stereocenters. The quantitative estimate of drug-likeness (QED) is 0.0214. The van der Waals surface area contributed by atoms with Crippen molar-refractivity contribution in [2.75, 3.05) is 16.9 Å². The SMILES string of the molecule is O=C(O)C1=C(CCl)CS[C@H]2C(NC(=O)/C(=N\OC3(C(=O)OC(c4ccccc4)c4ccccc4)CCCC3)c3csc(NC(c4ccccc4)(c4ccccc4)c4ccccc4)n3)C(=O)N12. The third-order valence-corrected chi connectivity index (χ3v) is 14.5. The maximum absolute atomic E-state index is 14.7. The first-order valence-electron chi connectivity index (χ1n) is 21.5. The summed E-state index contributed by atoms with van der Waals surface area (Å²) in [7, 11) is 0. The highest BCUT2D eigenvalue weighted by Gasteiger charge is 2.55. The minimum absolute atomic E-state index is 0.0573. The molecule has 3 N–H and O–H groups in total. The largest absolute Gasteiger partial charge is 0.477 e. The zero-order valence-corrected chi connectivity index (χ0v) is 37.8. The molecule has 66 heavy (non-hydrogen) atoms. The number of hydrogen-bond donors (Lipinski definition) is 3. The third-order valence-electron chi connectivity index (χ3n) is 12.1. The molecule has 3 aliphatic rings. The number of halogens is 1. The van der Waals surface area contributed by atoms with Crippen LogP contribution in [-0.2, 0) is 34.3 Å². The van der Waals surface area contributed by atoms with E-state index in [4.69, 9.17) is 26.2 Å². The number of hydrogen-bond acceptors (Lipinski definition) is 11. The first kappa shape index (κ1) is 44.5. The molecule has 12 nitrogen and oxygen atoms in total. The number of thioether (sulfide) groups is 1. The molecule has 15 heteroatoms. The van der Waals surface area contributed by atoms with E-state index in [0.717, 1.165) is 32.7 Å². The number of benzene rings is 5. The fraction of sp³-hybridized carbons (Fsp3) is 0.216. The number of aromatic nitrogens is 1. The number of rotatable bonds is 16. The van der Waals surface area contributed by atoms with E-state index in [1.165, 1.54) is 23.1 Å². The van der Waals surface area contributed by atoms with Gasteiger partial charge in [-0.25, -0.2) is 14.6 Å². The van der Waals surface area contributed by atoms with Crippen LogP contribution >= 0.6 is 34.7 Å².